The van der Waals surface area contributed by atoms with Crippen molar-refractivity contribution in [3.8, 4) is 0 Å². The maximum atomic E-state index is 12.7. The molecular weight excluding hydrogens is 268 g/mol. The second-order valence-corrected chi connectivity index (χ2v) is 5.87. The molecule has 21 heavy (non-hydrogen) atoms. The van der Waals surface area contributed by atoms with Gasteiger partial charge in [0.15, 0.2) is 0 Å². The van der Waals surface area contributed by atoms with Crippen molar-refractivity contribution in [1.29, 1.82) is 0 Å². The molecule has 0 aliphatic carbocycles. The zero-order valence-corrected chi connectivity index (χ0v) is 12.8. The van der Waals surface area contributed by atoms with Crippen molar-refractivity contribution >= 4 is 5.91 Å². The summed E-state index contributed by atoms with van der Waals surface area (Å²) in [7, 11) is 0. The van der Waals surface area contributed by atoms with Crippen LogP contribution in [0.1, 0.15) is 32.1 Å². The Bertz CT molecular complexity index is 476. The van der Waals surface area contributed by atoms with Gasteiger partial charge in [-0.1, -0.05) is 6.92 Å². The molecule has 3 heterocycles. The molecule has 1 N–H and O–H groups in total. The maximum absolute atomic E-state index is 12.7. The monoisotopic (exact) mass is 292 g/mol. The standard InChI is InChI=1S/C15H24N4O2/c1-3-18-7-8-19(10-13(18)14-16-5-6-17-14)15(20)12-4-9-21-11(12)2/h5-6,11-13H,3-4,7-10H2,1-2H3,(H,16,17)/t11-,12-,13-/m1/s1. The first-order valence-corrected chi connectivity index (χ1v) is 7.84. The van der Waals surface area contributed by atoms with E-state index < -0.39 is 0 Å². The maximum Gasteiger partial charge on any atom is 0.228 e. The van der Waals surface area contributed by atoms with Crippen LogP contribution in [-0.2, 0) is 9.53 Å². The molecule has 0 spiro atoms. The minimum Gasteiger partial charge on any atom is -0.378 e. The quantitative estimate of drug-likeness (QED) is 0.904. The molecule has 2 fully saturated rings. The number of aromatic nitrogens is 2. The Hall–Kier alpha value is -1.40. The second-order valence-electron chi connectivity index (χ2n) is 5.87. The van der Waals surface area contributed by atoms with E-state index in [-0.39, 0.29) is 24.0 Å². The number of rotatable bonds is 3. The normalized spacial score (nSPS) is 30.8. The van der Waals surface area contributed by atoms with Gasteiger partial charge in [0, 0.05) is 38.6 Å². The van der Waals surface area contributed by atoms with Crippen LogP contribution in [0.3, 0.4) is 0 Å². The SMILES string of the molecule is CCN1CCN(C(=O)[C@@H]2CCO[C@@H]2C)C[C@@H]1c1ncc[nH]1. The van der Waals surface area contributed by atoms with E-state index in [2.05, 4.69) is 21.8 Å². The summed E-state index contributed by atoms with van der Waals surface area (Å²) in [5.41, 5.74) is 0. The third-order valence-corrected chi connectivity index (χ3v) is 4.74. The largest absolute Gasteiger partial charge is 0.378 e. The van der Waals surface area contributed by atoms with Crippen molar-refractivity contribution in [3.05, 3.63) is 18.2 Å². The molecule has 0 radical (unpaired) electrons. The van der Waals surface area contributed by atoms with Crippen LogP contribution >= 0.6 is 0 Å². The highest BCUT2D eigenvalue weighted by Gasteiger charge is 2.37. The molecule has 3 rings (SSSR count). The van der Waals surface area contributed by atoms with Crippen molar-refractivity contribution in [2.75, 3.05) is 32.8 Å². The van der Waals surface area contributed by atoms with Crippen molar-refractivity contribution in [2.24, 2.45) is 5.92 Å². The average molecular weight is 292 g/mol. The van der Waals surface area contributed by atoms with Crippen LogP contribution in [0.25, 0.3) is 0 Å². The lowest BCUT2D eigenvalue weighted by atomic mass is 9.99. The Labute approximate surface area is 125 Å². The second kappa shape index (κ2) is 6.15. The predicted octanol–water partition coefficient (Wildman–Crippen LogP) is 1.04. The molecular formula is C15H24N4O2. The van der Waals surface area contributed by atoms with E-state index in [0.29, 0.717) is 13.2 Å². The van der Waals surface area contributed by atoms with E-state index in [4.69, 9.17) is 4.74 Å². The number of nitrogens with zero attached hydrogens (tertiary/aromatic N) is 3. The average Bonchev–Trinajstić information content (AvgIpc) is 3.17. The van der Waals surface area contributed by atoms with Gasteiger partial charge in [-0.05, 0) is 19.9 Å². The van der Waals surface area contributed by atoms with Crippen LogP contribution in [0.4, 0.5) is 0 Å². The Morgan fingerprint density at radius 3 is 3.00 bits per heavy atom. The fourth-order valence-electron chi connectivity index (χ4n) is 3.41. The van der Waals surface area contributed by atoms with Gasteiger partial charge in [-0.25, -0.2) is 4.98 Å². The highest BCUT2D eigenvalue weighted by atomic mass is 16.5. The fraction of sp³-hybridized carbons (Fsp3) is 0.733. The zero-order valence-electron chi connectivity index (χ0n) is 12.8. The number of hydrogen-bond donors (Lipinski definition) is 1. The molecule has 2 aliphatic rings. The molecule has 0 aromatic carbocycles. The minimum absolute atomic E-state index is 0.0235. The van der Waals surface area contributed by atoms with E-state index >= 15 is 0 Å². The molecule has 116 valence electrons. The van der Waals surface area contributed by atoms with Crippen LogP contribution in [0, 0.1) is 5.92 Å². The Morgan fingerprint density at radius 2 is 2.38 bits per heavy atom. The number of hydrogen-bond acceptors (Lipinski definition) is 4. The van der Waals surface area contributed by atoms with E-state index in [9.17, 15) is 4.79 Å². The molecule has 0 unspecified atom stereocenters. The number of ether oxygens (including phenoxy) is 1. The number of imidazole rings is 1. The topological polar surface area (TPSA) is 61.5 Å². The lowest BCUT2D eigenvalue weighted by Gasteiger charge is -2.41. The summed E-state index contributed by atoms with van der Waals surface area (Å²) in [5.74, 6) is 1.22. The molecule has 0 saturated carbocycles. The van der Waals surface area contributed by atoms with E-state index in [1.165, 1.54) is 0 Å². The van der Waals surface area contributed by atoms with Crippen molar-refractivity contribution in [1.82, 2.24) is 19.8 Å². The molecule has 1 aromatic rings. The number of H-pyrrole nitrogens is 1. The van der Waals surface area contributed by atoms with E-state index in [1.54, 1.807) is 6.20 Å². The number of aromatic amines is 1. The minimum atomic E-state index is 0.0235. The van der Waals surface area contributed by atoms with Gasteiger partial charge >= 0.3 is 0 Å². The first kappa shape index (κ1) is 14.5. The van der Waals surface area contributed by atoms with Gasteiger partial charge in [0.25, 0.3) is 0 Å². The fourth-order valence-corrected chi connectivity index (χ4v) is 3.41. The zero-order chi connectivity index (χ0) is 14.8. The highest BCUT2D eigenvalue weighted by molar-refractivity contribution is 5.79. The van der Waals surface area contributed by atoms with E-state index in [0.717, 1.165) is 31.9 Å². The molecule has 2 saturated heterocycles. The third kappa shape index (κ3) is 2.82. The summed E-state index contributed by atoms with van der Waals surface area (Å²) >= 11 is 0. The smallest absolute Gasteiger partial charge is 0.228 e. The third-order valence-electron chi connectivity index (χ3n) is 4.74. The van der Waals surface area contributed by atoms with Crippen LogP contribution in [0.5, 0.6) is 0 Å². The van der Waals surface area contributed by atoms with Gasteiger partial charge in [0.05, 0.1) is 18.1 Å². The van der Waals surface area contributed by atoms with Gasteiger partial charge < -0.3 is 14.6 Å². The molecule has 3 atom stereocenters. The lowest BCUT2D eigenvalue weighted by molar-refractivity contribution is -0.140. The summed E-state index contributed by atoms with van der Waals surface area (Å²) in [6.45, 7) is 8.23. The number of likely N-dealkylation sites (N-methyl/N-ethyl adjacent to an activating group) is 1. The van der Waals surface area contributed by atoms with Crippen molar-refractivity contribution < 1.29 is 9.53 Å². The van der Waals surface area contributed by atoms with Crippen molar-refractivity contribution in [3.63, 3.8) is 0 Å². The molecule has 1 amide bonds. The van der Waals surface area contributed by atoms with Crippen LogP contribution in [0.2, 0.25) is 0 Å². The Balaban J connectivity index is 1.72. The van der Waals surface area contributed by atoms with Gasteiger partial charge in [0.2, 0.25) is 5.91 Å². The molecule has 6 nitrogen and oxygen atoms in total. The summed E-state index contributed by atoms with van der Waals surface area (Å²) in [6, 6.07) is 0.167. The van der Waals surface area contributed by atoms with Gasteiger partial charge in [-0.2, -0.15) is 0 Å². The number of nitrogens with one attached hydrogen (secondary N) is 1. The molecule has 2 aliphatic heterocycles. The molecule has 1 aromatic heterocycles. The molecule has 0 bridgehead atoms. The van der Waals surface area contributed by atoms with Gasteiger partial charge in [0.1, 0.15) is 5.82 Å². The van der Waals surface area contributed by atoms with Crippen LogP contribution in [0.15, 0.2) is 12.4 Å². The number of carbonyl (C=O) groups excluding carboxylic acids is 1. The summed E-state index contributed by atoms with van der Waals surface area (Å²) in [5, 5.41) is 0. The van der Waals surface area contributed by atoms with Crippen molar-refractivity contribution in [2.45, 2.75) is 32.4 Å². The number of piperazine rings is 1. The number of carbonyl (C=O) groups is 1. The Kier molecular flexibility index (Phi) is 4.26. The molecule has 6 heteroatoms. The van der Waals surface area contributed by atoms with Crippen LogP contribution < -0.4 is 0 Å². The highest BCUT2D eigenvalue weighted by Crippen LogP contribution is 2.27. The van der Waals surface area contributed by atoms with Gasteiger partial charge in [-0.15, -0.1) is 0 Å². The summed E-state index contributed by atoms with van der Waals surface area (Å²) < 4.78 is 5.54. The van der Waals surface area contributed by atoms with E-state index in [1.807, 2.05) is 18.0 Å². The first-order chi connectivity index (χ1) is 10.2. The summed E-state index contributed by atoms with van der Waals surface area (Å²) in [4.78, 5) is 24.7. The van der Waals surface area contributed by atoms with Gasteiger partial charge in [-0.3, -0.25) is 9.69 Å². The lowest BCUT2D eigenvalue weighted by Crippen LogP contribution is -2.52. The summed E-state index contributed by atoms with van der Waals surface area (Å²) in [6.07, 6.45) is 4.51. The first-order valence-electron chi connectivity index (χ1n) is 7.84. The van der Waals surface area contributed by atoms with Crippen LogP contribution in [-0.4, -0.2) is 64.6 Å². The Morgan fingerprint density at radius 1 is 1.52 bits per heavy atom. The predicted molar refractivity (Wildman–Crippen MR) is 78.7 cm³/mol. The number of amides is 1.